The van der Waals surface area contributed by atoms with E-state index in [-0.39, 0.29) is 11.8 Å². The maximum absolute atomic E-state index is 10.3. The van der Waals surface area contributed by atoms with Gasteiger partial charge in [0.05, 0.1) is 18.7 Å². The molecule has 2 unspecified atom stereocenters. The molecular formula is C14H19N3O2. The van der Waals surface area contributed by atoms with E-state index in [1.165, 1.54) is 7.11 Å². The van der Waals surface area contributed by atoms with Crippen LogP contribution < -0.4 is 10.5 Å². The summed E-state index contributed by atoms with van der Waals surface area (Å²) in [4.78, 5) is 2.16. The number of nitrogens with two attached hydrogens (primary N) is 1. The number of benzene rings is 1. The van der Waals surface area contributed by atoms with E-state index < -0.39 is 0 Å². The monoisotopic (exact) mass is 261 g/mol. The van der Waals surface area contributed by atoms with E-state index >= 15 is 0 Å². The lowest BCUT2D eigenvalue weighted by Gasteiger charge is -2.21. The van der Waals surface area contributed by atoms with Gasteiger partial charge >= 0.3 is 0 Å². The Morgan fingerprint density at radius 2 is 2.32 bits per heavy atom. The van der Waals surface area contributed by atoms with Gasteiger partial charge in [-0.05, 0) is 32.0 Å². The molecule has 0 bridgehead atoms. The SMILES string of the molecule is COc1cc(C#N)cc(C2CC(CN)CN2C)c1O. The maximum Gasteiger partial charge on any atom is 0.162 e. The molecule has 5 heteroatoms. The molecule has 5 nitrogen and oxygen atoms in total. The maximum atomic E-state index is 10.3. The standard InChI is InChI=1S/C14H19N3O2/c1-17-8-10(7-16)4-12(17)11-3-9(6-15)5-13(19-2)14(11)18/h3,5,10,12,18H,4,7-8,16H2,1-2H3. The second-order valence-electron chi connectivity index (χ2n) is 5.02. The lowest BCUT2D eigenvalue weighted by atomic mass is 9.97. The van der Waals surface area contributed by atoms with Crippen LogP contribution in [0.15, 0.2) is 12.1 Å². The Bertz CT molecular complexity index is 510. The fraction of sp³-hybridized carbons (Fsp3) is 0.500. The molecule has 3 N–H and O–H groups in total. The molecule has 102 valence electrons. The Morgan fingerprint density at radius 3 is 2.84 bits per heavy atom. The lowest BCUT2D eigenvalue weighted by molar-refractivity contribution is 0.300. The molecule has 1 aliphatic rings. The zero-order chi connectivity index (χ0) is 14.0. The van der Waals surface area contributed by atoms with Gasteiger partial charge in [0, 0.05) is 24.2 Å². The van der Waals surface area contributed by atoms with Gasteiger partial charge in [-0.2, -0.15) is 5.26 Å². The van der Waals surface area contributed by atoms with Crippen molar-refractivity contribution in [2.75, 3.05) is 27.2 Å². The van der Waals surface area contributed by atoms with Crippen molar-refractivity contribution >= 4 is 0 Å². The molecular weight excluding hydrogens is 242 g/mol. The van der Waals surface area contributed by atoms with Crippen LogP contribution in [0.25, 0.3) is 0 Å². The molecule has 1 aromatic rings. The van der Waals surface area contributed by atoms with Gasteiger partial charge in [0.1, 0.15) is 0 Å². The number of hydrogen-bond donors (Lipinski definition) is 2. The highest BCUT2D eigenvalue weighted by molar-refractivity contribution is 5.53. The van der Waals surface area contributed by atoms with Crippen molar-refractivity contribution in [2.24, 2.45) is 11.7 Å². The van der Waals surface area contributed by atoms with Crippen molar-refractivity contribution in [3.63, 3.8) is 0 Å². The van der Waals surface area contributed by atoms with Crippen LogP contribution in [-0.2, 0) is 0 Å². The lowest BCUT2D eigenvalue weighted by Crippen LogP contribution is -2.20. The number of phenols is 1. The number of aromatic hydroxyl groups is 1. The first-order chi connectivity index (χ1) is 9.10. The highest BCUT2D eigenvalue weighted by Crippen LogP contribution is 2.42. The zero-order valence-corrected chi connectivity index (χ0v) is 11.3. The largest absolute Gasteiger partial charge is 0.504 e. The van der Waals surface area contributed by atoms with E-state index in [2.05, 4.69) is 11.0 Å². The van der Waals surface area contributed by atoms with Crippen molar-refractivity contribution in [2.45, 2.75) is 12.5 Å². The van der Waals surface area contributed by atoms with Crippen LogP contribution in [0.4, 0.5) is 0 Å². The summed E-state index contributed by atoms with van der Waals surface area (Å²) in [5.74, 6) is 0.890. The van der Waals surface area contributed by atoms with Gasteiger partial charge < -0.3 is 15.6 Å². The second-order valence-corrected chi connectivity index (χ2v) is 5.02. The number of methoxy groups -OCH3 is 1. The number of nitriles is 1. The first-order valence-electron chi connectivity index (χ1n) is 6.32. The topological polar surface area (TPSA) is 82.5 Å². The Morgan fingerprint density at radius 1 is 1.58 bits per heavy atom. The summed E-state index contributed by atoms with van der Waals surface area (Å²) in [7, 11) is 3.49. The molecule has 0 aromatic heterocycles. The van der Waals surface area contributed by atoms with Crippen LogP contribution in [-0.4, -0.2) is 37.3 Å². The van der Waals surface area contributed by atoms with Crippen LogP contribution in [0.5, 0.6) is 11.5 Å². The normalized spacial score (nSPS) is 23.3. The summed E-state index contributed by atoms with van der Waals surface area (Å²) >= 11 is 0. The minimum atomic E-state index is 0.0794. The fourth-order valence-electron chi connectivity index (χ4n) is 2.74. The minimum absolute atomic E-state index is 0.0794. The number of likely N-dealkylation sites (tertiary alicyclic amines) is 1. The molecule has 1 fully saturated rings. The Labute approximate surface area is 113 Å². The molecule has 1 aliphatic heterocycles. The van der Waals surface area contributed by atoms with Crippen molar-refractivity contribution < 1.29 is 9.84 Å². The van der Waals surface area contributed by atoms with Crippen molar-refractivity contribution in [1.82, 2.24) is 4.90 Å². The Balaban J connectivity index is 2.42. The number of ether oxygens (including phenoxy) is 1. The van der Waals surface area contributed by atoms with E-state index in [9.17, 15) is 5.11 Å². The fourth-order valence-corrected chi connectivity index (χ4v) is 2.74. The van der Waals surface area contributed by atoms with Crippen LogP contribution >= 0.6 is 0 Å². The smallest absolute Gasteiger partial charge is 0.162 e. The van der Waals surface area contributed by atoms with Crippen molar-refractivity contribution in [3.8, 4) is 17.6 Å². The average molecular weight is 261 g/mol. The first-order valence-corrected chi connectivity index (χ1v) is 6.32. The Hall–Kier alpha value is -1.77. The molecule has 1 heterocycles. The average Bonchev–Trinajstić information content (AvgIpc) is 2.80. The third kappa shape index (κ3) is 2.50. The second kappa shape index (κ2) is 5.47. The summed E-state index contributed by atoms with van der Waals surface area (Å²) in [6, 6.07) is 5.46. The van der Waals surface area contributed by atoms with Gasteiger partial charge in [-0.3, -0.25) is 4.90 Å². The first kappa shape index (κ1) is 13.7. The molecule has 0 aliphatic carbocycles. The summed E-state index contributed by atoms with van der Waals surface area (Å²) in [5.41, 5.74) is 6.96. The quantitative estimate of drug-likeness (QED) is 0.855. The van der Waals surface area contributed by atoms with Gasteiger partial charge in [-0.25, -0.2) is 0 Å². The van der Waals surface area contributed by atoms with Crippen LogP contribution in [0.3, 0.4) is 0 Å². The molecule has 0 spiro atoms. The number of phenolic OH excluding ortho intramolecular Hbond substituents is 1. The molecule has 1 saturated heterocycles. The summed E-state index contributed by atoms with van der Waals surface area (Å²) in [6.45, 7) is 1.54. The minimum Gasteiger partial charge on any atom is -0.504 e. The third-order valence-electron chi connectivity index (χ3n) is 3.78. The molecule has 0 radical (unpaired) electrons. The molecule has 0 amide bonds. The van der Waals surface area contributed by atoms with Gasteiger partial charge in [0.25, 0.3) is 0 Å². The van der Waals surface area contributed by atoms with Crippen LogP contribution in [0.1, 0.15) is 23.6 Å². The zero-order valence-electron chi connectivity index (χ0n) is 11.3. The third-order valence-corrected chi connectivity index (χ3v) is 3.78. The van der Waals surface area contributed by atoms with E-state index in [4.69, 9.17) is 15.7 Å². The highest BCUT2D eigenvalue weighted by Gasteiger charge is 2.32. The van der Waals surface area contributed by atoms with Crippen LogP contribution in [0.2, 0.25) is 0 Å². The summed E-state index contributed by atoms with van der Waals surface area (Å²) in [5, 5.41) is 19.3. The predicted molar refractivity (Wildman–Crippen MR) is 71.9 cm³/mol. The van der Waals surface area contributed by atoms with Crippen molar-refractivity contribution in [1.29, 1.82) is 5.26 Å². The highest BCUT2D eigenvalue weighted by atomic mass is 16.5. The molecule has 1 aromatic carbocycles. The number of nitrogens with zero attached hydrogens (tertiary/aromatic N) is 2. The summed E-state index contributed by atoms with van der Waals surface area (Å²) < 4.78 is 5.13. The molecule has 2 atom stereocenters. The Kier molecular flexibility index (Phi) is 3.93. The molecule has 0 saturated carbocycles. The van der Waals surface area contributed by atoms with E-state index in [1.54, 1.807) is 12.1 Å². The van der Waals surface area contributed by atoms with E-state index in [0.717, 1.165) is 18.5 Å². The number of rotatable bonds is 3. The van der Waals surface area contributed by atoms with Crippen molar-refractivity contribution in [3.05, 3.63) is 23.3 Å². The van der Waals surface area contributed by atoms with Gasteiger partial charge in [-0.15, -0.1) is 0 Å². The summed E-state index contributed by atoms with van der Waals surface area (Å²) in [6.07, 6.45) is 0.887. The predicted octanol–water partition coefficient (Wildman–Crippen LogP) is 1.22. The van der Waals surface area contributed by atoms with Crippen LogP contribution in [0, 0.1) is 17.2 Å². The van der Waals surface area contributed by atoms with E-state index in [0.29, 0.717) is 23.8 Å². The van der Waals surface area contributed by atoms with Gasteiger partial charge in [-0.1, -0.05) is 0 Å². The van der Waals surface area contributed by atoms with E-state index in [1.807, 2.05) is 7.05 Å². The van der Waals surface area contributed by atoms with Gasteiger partial charge in [0.15, 0.2) is 11.5 Å². The number of hydrogen-bond acceptors (Lipinski definition) is 5. The van der Waals surface area contributed by atoms with Gasteiger partial charge in [0.2, 0.25) is 0 Å². The molecule has 2 rings (SSSR count). The molecule has 19 heavy (non-hydrogen) atoms.